The maximum absolute atomic E-state index is 11.5. The summed E-state index contributed by atoms with van der Waals surface area (Å²) in [5, 5.41) is 36.1. The van der Waals surface area contributed by atoms with Crippen molar-refractivity contribution in [3.05, 3.63) is 52.1 Å². The van der Waals surface area contributed by atoms with Crippen LogP contribution in [0, 0.1) is 0 Å². The molecule has 3 aliphatic heterocycles. The third-order valence-electron chi connectivity index (χ3n) is 4.88. The minimum atomic E-state index is -1.11. The maximum Gasteiger partial charge on any atom is 0.334 e. The highest BCUT2D eigenvalue weighted by molar-refractivity contribution is 7.80. The molecule has 6 N–H and O–H groups in total. The zero-order chi connectivity index (χ0) is 23.3. The third-order valence-corrected chi connectivity index (χ3v) is 5.21. The van der Waals surface area contributed by atoms with E-state index in [1.54, 1.807) is 19.1 Å². The Morgan fingerprint density at radius 2 is 1.75 bits per heavy atom. The third kappa shape index (κ3) is 7.83. The van der Waals surface area contributed by atoms with Gasteiger partial charge in [0.25, 0.3) is 0 Å². The van der Waals surface area contributed by atoms with Crippen molar-refractivity contribution >= 4 is 29.0 Å². The van der Waals surface area contributed by atoms with E-state index < -0.39 is 11.9 Å². The number of aromatic hydroxyl groups is 1. The molecule has 0 saturated carbocycles. The van der Waals surface area contributed by atoms with E-state index >= 15 is 0 Å². The van der Waals surface area contributed by atoms with Gasteiger partial charge in [-0.15, -0.1) is 0 Å². The van der Waals surface area contributed by atoms with Crippen LogP contribution in [0.4, 0.5) is 0 Å². The Labute approximate surface area is 193 Å². The molecule has 1 atom stereocenters. The summed E-state index contributed by atoms with van der Waals surface area (Å²) >= 11 is 5.10. The number of aliphatic carboxylic acids is 1. The molecule has 0 bridgehead atoms. The van der Waals surface area contributed by atoms with E-state index in [-0.39, 0.29) is 21.9 Å². The number of nitrogens with one attached hydrogen (secondary N) is 2. The monoisotopic (exact) mass is 462 g/mol. The summed E-state index contributed by atoms with van der Waals surface area (Å²) in [6, 6.07) is 6.07. The van der Waals surface area contributed by atoms with Crippen molar-refractivity contribution in [3.8, 4) is 5.75 Å². The van der Waals surface area contributed by atoms with Crippen molar-refractivity contribution in [2.45, 2.75) is 12.8 Å². The Morgan fingerprint density at radius 3 is 2.12 bits per heavy atom. The average Bonchev–Trinajstić information content (AvgIpc) is 2.82. The van der Waals surface area contributed by atoms with Gasteiger partial charge in [0.05, 0.1) is 51.0 Å². The fraction of sp³-hybridized carbons (Fsp3) is 0.455. The van der Waals surface area contributed by atoms with Crippen LogP contribution in [-0.2, 0) is 14.3 Å². The molecule has 0 aromatic heterocycles. The van der Waals surface area contributed by atoms with Crippen LogP contribution in [0.1, 0.15) is 18.4 Å². The molecule has 4 rings (SSSR count). The fourth-order valence-corrected chi connectivity index (χ4v) is 3.61. The van der Waals surface area contributed by atoms with Gasteiger partial charge < -0.3 is 41.0 Å². The zero-order valence-corrected chi connectivity index (χ0v) is 18.9. The number of rotatable bonds is 2. The molecule has 3 heterocycles. The highest BCUT2D eigenvalue weighted by Gasteiger charge is 2.33. The molecule has 0 radical (unpaired) electrons. The van der Waals surface area contributed by atoms with Gasteiger partial charge in [0.1, 0.15) is 10.7 Å². The Balaban J connectivity index is 0.000000243. The van der Waals surface area contributed by atoms with Crippen LogP contribution < -0.4 is 16.0 Å². The molecular formula is C22H30N4O5S. The first kappa shape index (κ1) is 25.7. The van der Waals surface area contributed by atoms with Crippen LogP contribution in [0.15, 0.2) is 41.1 Å². The van der Waals surface area contributed by atoms with E-state index in [0.29, 0.717) is 11.3 Å². The number of carboxylic acid groups (broad SMARTS) is 1. The van der Waals surface area contributed by atoms with Gasteiger partial charge in [-0.25, -0.2) is 4.79 Å². The fourth-order valence-electron chi connectivity index (χ4n) is 3.29. The molecule has 10 heteroatoms. The second-order valence-electron chi connectivity index (χ2n) is 7.19. The quantitative estimate of drug-likeness (QED) is 0.237. The average molecular weight is 463 g/mol. The van der Waals surface area contributed by atoms with E-state index in [4.69, 9.17) is 21.7 Å². The second kappa shape index (κ2) is 13.7. The Hall–Kier alpha value is -2.59. The first-order valence-corrected chi connectivity index (χ1v) is 10.9. The number of carboxylic acids is 1. The lowest BCUT2D eigenvalue weighted by molar-refractivity contribution is -0.670. The SMILES string of the molecule is C1COCCN1.C1COCC[NH2+]1.CC1=C(C(=O)O)C(c2ccc(O)cc2)C(=C=[N-])C(=S)N1. The lowest BCUT2D eigenvalue weighted by Gasteiger charge is -2.29. The summed E-state index contributed by atoms with van der Waals surface area (Å²) in [5.74, 6) is 0.208. The molecule has 0 amide bonds. The van der Waals surface area contributed by atoms with E-state index in [1.807, 2.05) is 5.87 Å². The summed E-state index contributed by atoms with van der Waals surface area (Å²) in [4.78, 5) is 11.7. The van der Waals surface area contributed by atoms with Crippen molar-refractivity contribution in [1.82, 2.24) is 10.6 Å². The number of phenols is 1. The second-order valence-corrected chi connectivity index (χ2v) is 7.60. The number of nitrogens with two attached hydrogens (primary N) is 1. The zero-order valence-electron chi connectivity index (χ0n) is 18.1. The van der Waals surface area contributed by atoms with Crippen LogP contribution in [0.2, 0.25) is 0 Å². The highest BCUT2D eigenvalue weighted by atomic mass is 32.1. The summed E-state index contributed by atoms with van der Waals surface area (Å²) in [5.41, 5.74) is 1.29. The lowest BCUT2D eigenvalue weighted by atomic mass is 9.81. The van der Waals surface area contributed by atoms with E-state index in [9.17, 15) is 20.4 Å². The largest absolute Gasteiger partial charge is 0.763 e. The molecule has 2 fully saturated rings. The van der Waals surface area contributed by atoms with Crippen molar-refractivity contribution in [2.24, 2.45) is 0 Å². The van der Waals surface area contributed by atoms with Crippen LogP contribution in [0.25, 0.3) is 5.41 Å². The minimum absolute atomic E-state index is 0.0707. The molecular weight excluding hydrogens is 432 g/mol. The van der Waals surface area contributed by atoms with Crippen molar-refractivity contribution < 1.29 is 29.8 Å². The van der Waals surface area contributed by atoms with Crippen molar-refractivity contribution in [2.75, 3.05) is 52.6 Å². The lowest BCUT2D eigenvalue weighted by Crippen LogP contribution is -2.87. The number of benzene rings is 1. The molecule has 9 nitrogen and oxygen atoms in total. The Bertz CT molecular complexity index is 823. The van der Waals surface area contributed by atoms with Gasteiger partial charge in [-0.3, -0.25) is 5.87 Å². The summed E-state index contributed by atoms with van der Waals surface area (Å²) in [6.07, 6.45) is 0. The number of ether oxygens (including phenoxy) is 2. The number of nitrogens with zero attached hydrogens (tertiary/aromatic N) is 1. The van der Waals surface area contributed by atoms with Gasteiger partial charge in [-0.2, -0.15) is 0 Å². The molecule has 0 spiro atoms. The van der Waals surface area contributed by atoms with E-state index in [1.165, 1.54) is 12.1 Å². The predicted octanol–water partition coefficient (Wildman–Crippen LogP) is 0.117. The number of phenolic OH excluding ortho intramolecular Hbond substituents is 1. The molecule has 32 heavy (non-hydrogen) atoms. The Morgan fingerprint density at radius 1 is 1.16 bits per heavy atom. The van der Waals surface area contributed by atoms with Crippen LogP contribution in [-0.4, -0.2) is 79.6 Å². The van der Waals surface area contributed by atoms with Gasteiger partial charge in [0.2, 0.25) is 0 Å². The summed E-state index contributed by atoms with van der Waals surface area (Å²) < 4.78 is 10.0. The molecule has 0 aliphatic carbocycles. The van der Waals surface area contributed by atoms with Gasteiger partial charge in [0, 0.05) is 24.4 Å². The molecule has 1 unspecified atom stereocenters. The normalized spacial score (nSPS) is 20.6. The standard InChI is InChI=1S/C14H11N2O3S.2C4H9NO/c1-7-11(14(18)19)12(10(6-15)13(20)16-7)8-2-4-9(17)5-3-8;2*1-3-6-4-2-5-1/h2-5,12,17H,1H3,(H,16,20)(H,18,19);2*5H,1-4H2/q-1;;/p+1. The number of carbonyl (C=O) groups is 1. The van der Waals surface area contributed by atoms with Gasteiger partial charge in [0.15, 0.2) is 0 Å². The number of quaternary nitrogens is 1. The Kier molecular flexibility index (Phi) is 11.0. The van der Waals surface area contributed by atoms with E-state index in [0.717, 1.165) is 52.6 Å². The topological polar surface area (TPSA) is 139 Å². The molecule has 2 saturated heterocycles. The summed E-state index contributed by atoms with van der Waals surface area (Å²) in [6.45, 7) is 9.64. The number of thiocarbonyl (C=S) groups is 1. The first-order valence-electron chi connectivity index (χ1n) is 10.4. The molecule has 3 aliphatic rings. The van der Waals surface area contributed by atoms with Gasteiger partial charge in [-0.05, 0) is 24.6 Å². The molecule has 174 valence electrons. The molecule has 1 aromatic carbocycles. The number of allylic oxidation sites excluding steroid dienone is 1. The predicted molar refractivity (Wildman–Crippen MR) is 125 cm³/mol. The first-order chi connectivity index (χ1) is 15.5. The smallest absolute Gasteiger partial charge is 0.334 e. The maximum atomic E-state index is 11.5. The van der Waals surface area contributed by atoms with Crippen molar-refractivity contribution in [3.63, 3.8) is 0 Å². The minimum Gasteiger partial charge on any atom is -0.763 e. The number of morpholine rings is 2. The van der Waals surface area contributed by atoms with Gasteiger partial charge >= 0.3 is 5.97 Å². The van der Waals surface area contributed by atoms with Crippen molar-refractivity contribution in [1.29, 1.82) is 0 Å². The van der Waals surface area contributed by atoms with Crippen LogP contribution in [0.3, 0.4) is 0 Å². The number of hydrogen-bond acceptors (Lipinski definition) is 6. The van der Waals surface area contributed by atoms with Gasteiger partial charge in [-0.1, -0.05) is 24.4 Å². The van der Waals surface area contributed by atoms with E-state index in [2.05, 4.69) is 16.0 Å². The van der Waals surface area contributed by atoms with Crippen LogP contribution in [0.5, 0.6) is 5.75 Å². The number of hydrogen-bond donors (Lipinski definition) is 5. The summed E-state index contributed by atoms with van der Waals surface area (Å²) in [7, 11) is 0. The van der Waals surface area contributed by atoms with Crippen LogP contribution >= 0.6 is 12.2 Å². The molecule has 1 aromatic rings. The highest BCUT2D eigenvalue weighted by Crippen LogP contribution is 2.36.